The molecule has 2 aromatic carbocycles. The zero-order valence-corrected chi connectivity index (χ0v) is 17.6. The highest BCUT2D eigenvalue weighted by Crippen LogP contribution is 2.33. The molecule has 4 nitrogen and oxygen atoms in total. The summed E-state index contributed by atoms with van der Waals surface area (Å²) in [5.41, 5.74) is 5.38. The third-order valence-corrected chi connectivity index (χ3v) is 4.40. The number of amides is 1. The van der Waals surface area contributed by atoms with Gasteiger partial charge in [0.1, 0.15) is 0 Å². The topological polar surface area (TPSA) is 58.4 Å². The molecule has 31 heavy (non-hydrogen) atoms. The van der Waals surface area contributed by atoms with Gasteiger partial charge < -0.3 is 16.0 Å². The first-order valence-corrected chi connectivity index (χ1v) is 9.54. The van der Waals surface area contributed by atoms with E-state index in [0.717, 1.165) is 12.1 Å². The monoisotopic (exact) mass is 435 g/mol. The van der Waals surface area contributed by atoms with Gasteiger partial charge in [-0.1, -0.05) is 38.8 Å². The van der Waals surface area contributed by atoms with Crippen LogP contribution in [0.5, 0.6) is 0 Å². The van der Waals surface area contributed by atoms with Gasteiger partial charge in [0.2, 0.25) is 5.91 Å². The molecule has 0 bridgehead atoms. The lowest BCUT2D eigenvalue weighted by Crippen LogP contribution is -2.25. The molecular formula is C23H25F4N3O. The van der Waals surface area contributed by atoms with Gasteiger partial charge in [-0.05, 0) is 35.2 Å². The highest BCUT2D eigenvalue weighted by molar-refractivity contribution is 5.94. The van der Waals surface area contributed by atoms with Crippen molar-refractivity contribution in [3.8, 4) is 12.3 Å². The first kappa shape index (κ1) is 24.1. The van der Waals surface area contributed by atoms with Crippen LogP contribution in [0, 0.1) is 23.6 Å². The fraction of sp³-hybridized carbons (Fsp3) is 0.348. The Morgan fingerprint density at radius 3 is 2.26 bits per heavy atom. The molecule has 0 fully saturated rings. The Morgan fingerprint density at radius 1 is 1.13 bits per heavy atom. The largest absolute Gasteiger partial charge is 0.416 e. The SMILES string of the molecule is C#CCN(Cc1ccc(C(F)(F)F)cc1)c1ccc(NC(=O)CC(C)(C)C)c(N)c1F. The van der Waals surface area contributed by atoms with Gasteiger partial charge in [0, 0.05) is 13.0 Å². The summed E-state index contributed by atoms with van der Waals surface area (Å²) in [7, 11) is 0. The molecule has 2 aromatic rings. The number of carbonyl (C=O) groups excluding carboxylic acids is 1. The number of nitrogens with one attached hydrogen (secondary N) is 1. The Hall–Kier alpha value is -3.21. The van der Waals surface area contributed by atoms with E-state index in [2.05, 4.69) is 11.2 Å². The Kier molecular flexibility index (Phi) is 7.21. The van der Waals surface area contributed by atoms with Gasteiger partial charge in [0.25, 0.3) is 0 Å². The number of terminal acetylenes is 1. The average Bonchev–Trinajstić information content (AvgIpc) is 2.64. The molecule has 0 radical (unpaired) electrons. The Morgan fingerprint density at radius 2 is 1.74 bits per heavy atom. The van der Waals surface area contributed by atoms with Gasteiger partial charge in [0.05, 0.1) is 29.2 Å². The molecule has 0 aliphatic rings. The minimum Gasteiger partial charge on any atom is -0.395 e. The van der Waals surface area contributed by atoms with Crippen LogP contribution < -0.4 is 16.0 Å². The summed E-state index contributed by atoms with van der Waals surface area (Å²) in [5.74, 6) is 1.35. The van der Waals surface area contributed by atoms with E-state index in [1.54, 1.807) is 0 Å². The lowest BCUT2D eigenvalue weighted by atomic mass is 9.92. The van der Waals surface area contributed by atoms with Crippen molar-refractivity contribution in [2.75, 3.05) is 22.5 Å². The number of halogens is 4. The second-order valence-electron chi connectivity index (χ2n) is 8.40. The van der Waals surface area contributed by atoms with Crippen molar-refractivity contribution in [2.45, 2.75) is 39.9 Å². The van der Waals surface area contributed by atoms with Crippen LogP contribution in [-0.4, -0.2) is 12.5 Å². The van der Waals surface area contributed by atoms with E-state index < -0.39 is 17.6 Å². The smallest absolute Gasteiger partial charge is 0.395 e. The van der Waals surface area contributed by atoms with Crippen molar-refractivity contribution < 1.29 is 22.4 Å². The summed E-state index contributed by atoms with van der Waals surface area (Å²) in [4.78, 5) is 13.6. The maximum atomic E-state index is 15.0. The first-order chi connectivity index (χ1) is 14.3. The third-order valence-electron chi connectivity index (χ3n) is 4.40. The third kappa shape index (κ3) is 6.64. The van der Waals surface area contributed by atoms with Gasteiger partial charge in [-0.15, -0.1) is 6.42 Å². The molecule has 0 aliphatic heterocycles. The Balaban J connectivity index is 2.26. The van der Waals surface area contributed by atoms with Crippen LogP contribution in [-0.2, 0) is 17.5 Å². The number of hydrogen-bond donors (Lipinski definition) is 2. The summed E-state index contributed by atoms with van der Waals surface area (Å²) in [5, 5.41) is 2.61. The maximum Gasteiger partial charge on any atom is 0.416 e. The molecule has 0 saturated carbocycles. The number of nitrogen functional groups attached to an aromatic ring is 1. The van der Waals surface area contributed by atoms with Gasteiger partial charge >= 0.3 is 6.18 Å². The number of nitrogens with zero attached hydrogens (tertiary/aromatic N) is 1. The summed E-state index contributed by atoms with van der Waals surface area (Å²) in [6.07, 6.45) is 1.18. The van der Waals surface area contributed by atoms with Gasteiger partial charge in [0.15, 0.2) is 5.82 Å². The standard InChI is InChI=1S/C23H25F4N3O/c1-5-12-30(14-15-6-8-16(9-7-15)23(25,26)27)18-11-10-17(21(28)20(18)24)29-19(31)13-22(2,3)4/h1,6-11H,12-14,28H2,2-4H3,(H,29,31). The fourth-order valence-electron chi connectivity index (χ4n) is 2.97. The molecule has 0 spiro atoms. The molecule has 0 aromatic heterocycles. The normalized spacial score (nSPS) is 11.7. The van der Waals surface area contributed by atoms with Gasteiger partial charge in [-0.25, -0.2) is 4.39 Å². The highest BCUT2D eigenvalue weighted by atomic mass is 19.4. The van der Waals surface area contributed by atoms with Crippen molar-refractivity contribution in [3.63, 3.8) is 0 Å². The van der Waals surface area contributed by atoms with Crippen molar-refractivity contribution in [1.29, 1.82) is 0 Å². The van der Waals surface area contributed by atoms with E-state index in [1.807, 2.05) is 20.8 Å². The molecule has 8 heteroatoms. The maximum absolute atomic E-state index is 15.0. The van der Waals surface area contributed by atoms with Crippen LogP contribution >= 0.6 is 0 Å². The van der Waals surface area contributed by atoms with E-state index >= 15 is 4.39 Å². The van der Waals surface area contributed by atoms with Crippen molar-refractivity contribution >= 4 is 23.0 Å². The number of carbonyl (C=O) groups is 1. The molecule has 0 aliphatic carbocycles. The van der Waals surface area contributed by atoms with Crippen LogP contribution in [0.1, 0.15) is 38.3 Å². The van der Waals surface area contributed by atoms with E-state index in [9.17, 15) is 18.0 Å². The summed E-state index contributed by atoms with van der Waals surface area (Å²) in [6.45, 7) is 5.79. The Bertz CT molecular complexity index is 971. The van der Waals surface area contributed by atoms with Crippen LogP contribution in [0.25, 0.3) is 0 Å². The lowest BCUT2D eigenvalue weighted by molar-refractivity contribution is -0.137. The van der Waals surface area contributed by atoms with E-state index in [1.165, 1.54) is 29.2 Å². The Labute approximate surface area is 179 Å². The minimum atomic E-state index is -4.44. The average molecular weight is 435 g/mol. The van der Waals surface area contributed by atoms with E-state index in [0.29, 0.717) is 5.56 Å². The fourth-order valence-corrected chi connectivity index (χ4v) is 2.97. The number of nitrogens with two attached hydrogens (primary N) is 1. The number of benzene rings is 2. The quantitative estimate of drug-likeness (QED) is 0.361. The zero-order chi connectivity index (χ0) is 23.4. The number of alkyl halides is 3. The molecule has 166 valence electrons. The van der Waals surface area contributed by atoms with Gasteiger partial charge in [-0.2, -0.15) is 13.2 Å². The van der Waals surface area contributed by atoms with E-state index in [4.69, 9.17) is 12.2 Å². The van der Waals surface area contributed by atoms with Crippen molar-refractivity contribution in [3.05, 3.63) is 53.3 Å². The zero-order valence-electron chi connectivity index (χ0n) is 17.6. The molecule has 0 saturated heterocycles. The number of rotatable bonds is 6. The molecular weight excluding hydrogens is 410 g/mol. The van der Waals surface area contributed by atoms with E-state index in [-0.39, 0.29) is 47.9 Å². The number of hydrogen-bond acceptors (Lipinski definition) is 3. The molecule has 0 heterocycles. The summed E-state index contributed by atoms with van der Waals surface area (Å²) < 4.78 is 53.3. The second-order valence-corrected chi connectivity index (χ2v) is 8.40. The lowest BCUT2D eigenvalue weighted by Gasteiger charge is -2.25. The molecule has 3 N–H and O–H groups in total. The molecule has 1 amide bonds. The van der Waals surface area contributed by atoms with Crippen LogP contribution in [0.15, 0.2) is 36.4 Å². The predicted molar refractivity (Wildman–Crippen MR) is 115 cm³/mol. The molecule has 2 rings (SSSR count). The minimum absolute atomic E-state index is 0.00706. The van der Waals surface area contributed by atoms with Crippen LogP contribution in [0.4, 0.5) is 34.6 Å². The second kappa shape index (κ2) is 9.29. The molecule has 0 atom stereocenters. The van der Waals surface area contributed by atoms with Crippen LogP contribution in [0.3, 0.4) is 0 Å². The van der Waals surface area contributed by atoms with Gasteiger partial charge in [-0.3, -0.25) is 4.79 Å². The number of anilines is 3. The molecule has 0 unspecified atom stereocenters. The predicted octanol–water partition coefficient (Wildman–Crippen LogP) is 5.44. The van der Waals surface area contributed by atoms with Crippen LogP contribution in [0.2, 0.25) is 0 Å². The summed E-state index contributed by atoms with van der Waals surface area (Å²) in [6, 6.07) is 7.46. The highest BCUT2D eigenvalue weighted by Gasteiger charge is 2.30. The van der Waals surface area contributed by atoms with Crippen molar-refractivity contribution in [1.82, 2.24) is 0 Å². The van der Waals surface area contributed by atoms with Crippen molar-refractivity contribution in [2.24, 2.45) is 5.41 Å². The first-order valence-electron chi connectivity index (χ1n) is 9.54. The summed E-state index contributed by atoms with van der Waals surface area (Å²) >= 11 is 0.